The van der Waals surface area contributed by atoms with Gasteiger partial charge in [0, 0.05) is 10.5 Å². The summed E-state index contributed by atoms with van der Waals surface area (Å²) in [5, 5.41) is 10.2. The second-order valence-corrected chi connectivity index (χ2v) is 6.00. The van der Waals surface area contributed by atoms with Crippen molar-refractivity contribution in [2.45, 2.75) is 55.4 Å². The molecule has 0 spiro atoms. The summed E-state index contributed by atoms with van der Waals surface area (Å²) in [6.45, 7) is 0. The normalized spacial score (nSPS) is 33.7. The predicted molar refractivity (Wildman–Crippen MR) is 58.6 cm³/mol. The minimum absolute atomic E-state index is 0.0550. The van der Waals surface area contributed by atoms with Crippen LogP contribution in [0.2, 0.25) is 0 Å². The van der Waals surface area contributed by atoms with Gasteiger partial charge in [-0.2, -0.15) is 11.8 Å². The van der Waals surface area contributed by atoms with Gasteiger partial charge in [0.2, 0.25) is 0 Å². The first-order valence-electron chi connectivity index (χ1n) is 5.65. The Kier molecular flexibility index (Phi) is 3.37. The zero-order valence-electron chi connectivity index (χ0n) is 8.45. The van der Waals surface area contributed by atoms with Gasteiger partial charge in [-0.25, -0.2) is 0 Å². The fraction of sp³-hybridized carbons (Fsp3) is 0.909. The summed E-state index contributed by atoms with van der Waals surface area (Å²) in [4.78, 5) is 11.0. The molecule has 14 heavy (non-hydrogen) atoms. The lowest BCUT2D eigenvalue weighted by Gasteiger charge is -2.19. The van der Waals surface area contributed by atoms with Crippen LogP contribution < -0.4 is 0 Å². The van der Waals surface area contributed by atoms with Crippen molar-refractivity contribution in [2.24, 2.45) is 5.92 Å². The van der Waals surface area contributed by atoms with Gasteiger partial charge in [-0.3, -0.25) is 4.79 Å². The van der Waals surface area contributed by atoms with E-state index in [9.17, 15) is 4.79 Å². The van der Waals surface area contributed by atoms with E-state index in [2.05, 4.69) is 0 Å². The third-order valence-electron chi connectivity index (χ3n) is 3.44. The molecule has 80 valence electrons. The Morgan fingerprint density at radius 2 is 1.79 bits per heavy atom. The SMILES string of the molecule is O=C(O)C1CCCC1SC1CCCC1. The maximum atomic E-state index is 11.0. The van der Waals surface area contributed by atoms with Crippen molar-refractivity contribution < 1.29 is 9.90 Å². The van der Waals surface area contributed by atoms with Crippen LogP contribution in [0, 0.1) is 5.92 Å². The molecule has 0 aromatic carbocycles. The molecule has 0 saturated heterocycles. The summed E-state index contributed by atoms with van der Waals surface area (Å²) in [6, 6.07) is 0. The largest absolute Gasteiger partial charge is 0.481 e. The van der Waals surface area contributed by atoms with Crippen molar-refractivity contribution >= 4 is 17.7 Å². The van der Waals surface area contributed by atoms with Crippen LogP contribution in [0.4, 0.5) is 0 Å². The van der Waals surface area contributed by atoms with Crippen LogP contribution in [0.3, 0.4) is 0 Å². The molecule has 2 saturated carbocycles. The first kappa shape index (κ1) is 10.3. The van der Waals surface area contributed by atoms with E-state index >= 15 is 0 Å². The van der Waals surface area contributed by atoms with Crippen LogP contribution in [0.15, 0.2) is 0 Å². The van der Waals surface area contributed by atoms with E-state index < -0.39 is 5.97 Å². The number of rotatable bonds is 3. The Morgan fingerprint density at radius 3 is 2.43 bits per heavy atom. The minimum atomic E-state index is -0.571. The van der Waals surface area contributed by atoms with E-state index in [1.165, 1.54) is 25.7 Å². The highest BCUT2D eigenvalue weighted by Gasteiger charge is 2.35. The standard InChI is InChI=1S/C11H18O2S/c12-11(13)9-6-3-7-10(9)14-8-4-1-2-5-8/h8-10H,1-7H2,(H,12,13). The summed E-state index contributed by atoms with van der Waals surface area (Å²) in [7, 11) is 0. The summed E-state index contributed by atoms with van der Waals surface area (Å²) in [6.07, 6.45) is 8.46. The Bertz CT molecular complexity index is 211. The van der Waals surface area contributed by atoms with Crippen LogP contribution in [-0.4, -0.2) is 21.6 Å². The van der Waals surface area contributed by atoms with E-state index in [-0.39, 0.29) is 5.92 Å². The van der Waals surface area contributed by atoms with Gasteiger partial charge in [0.25, 0.3) is 0 Å². The fourth-order valence-electron chi connectivity index (χ4n) is 2.64. The van der Waals surface area contributed by atoms with Crippen molar-refractivity contribution in [2.75, 3.05) is 0 Å². The first-order chi connectivity index (χ1) is 6.77. The molecule has 0 aliphatic heterocycles. The second-order valence-electron chi connectivity index (χ2n) is 4.46. The van der Waals surface area contributed by atoms with E-state index in [4.69, 9.17) is 5.11 Å². The Balaban J connectivity index is 1.86. The van der Waals surface area contributed by atoms with Crippen LogP contribution in [0.1, 0.15) is 44.9 Å². The summed E-state index contributed by atoms with van der Waals surface area (Å²) in [5.74, 6) is -0.626. The predicted octanol–water partition coefficient (Wildman–Crippen LogP) is 2.92. The maximum Gasteiger partial charge on any atom is 0.307 e. The Labute approximate surface area is 89.5 Å². The second kappa shape index (κ2) is 4.56. The third kappa shape index (κ3) is 2.25. The number of carboxylic acids is 1. The molecule has 0 amide bonds. The van der Waals surface area contributed by atoms with Gasteiger partial charge >= 0.3 is 5.97 Å². The van der Waals surface area contributed by atoms with Crippen LogP contribution in [-0.2, 0) is 4.79 Å². The molecule has 0 aromatic rings. The van der Waals surface area contributed by atoms with Crippen LogP contribution in [0.5, 0.6) is 0 Å². The number of carboxylic acid groups (broad SMARTS) is 1. The topological polar surface area (TPSA) is 37.3 Å². The van der Waals surface area contributed by atoms with Crippen molar-refractivity contribution in [1.82, 2.24) is 0 Å². The van der Waals surface area contributed by atoms with E-state index in [1.807, 2.05) is 11.8 Å². The fourth-order valence-corrected chi connectivity index (χ4v) is 4.49. The highest BCUT2D eigenvalue weighted by Crippen LogP contribution is 2.41. The average Bonchev–Trinajstić information content (AvgIpc) is 2.75. The molecular weight excluding hydrogens is 196 g/mol. The molecule has 2 atom stereocenters. The lowest BCUT2D eigenvalue weighted by atomic mass is 10.1. The summed E-state index contributed by atoms with van der Waals surface area (Å²) >= 11 is 1.97. The maximum absolute atomic E-state index is 11.0. The van der Waals surface area contributed by atoms with Crippen molar-refractivity contribution in [3.8, 4) is 0 Å². The van der Waals surface area contributed by atoms with Gasteiger partial charge in [-0.1, -0.05) is 19.3 Å². The van der Waals surface area contributed by atoms with E-state index in [0.717, 1.165) is 24.5 Å². The van der Waals surface area contributed by atoms with E-state index in [0.29, 0.717) is 5.25 Å². The number of aliphatic carboxylic acids is 1. The number of hydrogen-bond acceptors (Lipinski definition) is 2. The average molecular weight is 214 g/mol. The lowest BCUT2D eigenvalue weighted by Crippen LogP contribution is -2.21. The van der Waals surface area contributed by atoms with Crippen molar-refractivity contribution in [3.05, 3.63) is 0 Å². The molecule has 1 N–H and O–H groups in total. The number of carbonyl (C=O) groups is 1. The molecule has 2 aliphatic rings. The zero-order valence-corrected chi connectivity index (χ0v) is 9.26. The smallest absolute Gasteiger partial charge is 0.307 e. The monoisotopic (exact) mass is 214 g/mol. The quantitative estimate of drug-likeness (QED) is 0.785. The van der Waals surface area contributed by atoms with Crippen molar-refractivity contribution in [1.29, 1.82) is 0 Å². The number of hydrogen-bond donors (Lipinski definition) is 1. The number of thioether (sulfide) groups is 1. The first-order valence-corrected chi connectivity index (χ1v) is 6.60. The molecule has 0 heterocycles. The molecule has 2 nitrogen and oxygen atoms in total. The molecule has 2 rings (SSSR count). The summed E-state index contributed by atoms with van der Waals surface area (Å²) < 4.78 is 0. The molecule has 2 fully saturated rings. The molecule has 2 aliphatic carbocycles. The molecule has 0 radical (unpaired) electrons. The Hall–Kier alpha value is -0.180. The zero-order chi connectivity index (χ0) is 9.97. The van der Waals surface area contributed by atoms with Gasteiger partial charge < -0.3 is 5.11 Å². The van der Waals surface area contributed by atoms with Gasteiger partial charge in [-0.05, 0) is 25.7 Å². The van der Waals surface area contributed by atoms with Gasteiger partial charge in [0.15, 0.2) is 0 Å². The van der Waals surface area contributed by atoms with Crippen LogP contribution in [0.25, 0.3) is 0 Å². The third-order valence-corrected chi connectivity index (χ3v) is 5.21. The van der Waals surface area contributed by atoms with Gasteiger partial charge in [0.05, 0.1) is 5.92 Å². The summed E-state index contributed by atoms with van der Waals surface area (Å²) in [5.41, 5.74) is 0. The molecule has 2 unspecified atom stereocenters. The van der Waals surface area contributed by atoms with Crippen LogP contribution >= 0.6 is 11.8 Å². The lowest BCUT2D eigenvalue weighted by molar-refractivity contribution is -0.141. The molecule has 0 bridgehead atoms. The Morgan fingerprint density at radius 1 is 1.07 bits per heavy atom. The van der Waals surface area contributed by atoms with Gasteiger partial charge in [-0.15, -0.1) is 0 Å². The van der Waals surface area contributed by atoms with E-state index in [1.54, 1.807) is 0 Å². The highest BCUT2D eigenvalue weighted by molar-refractivity contribution is 8.00. The van der Waals surface area contributed by atoms with Gasteiger partial charge in [0.1, 0.15) is 0 Å². The minimum Gasteiger partial charge on any atom is -0.481 e. The molecule has 3 heteroatoms. The molecular formula is C11H18O2S. The highest BCUT2D eigenvalue weighted by atomic mass is 32.2. The van der Waals surface area contributed by atoms with Crippen molar-refractivity contribution in [3.63, 3.8) is 0 Å². The molecule has 0 aromatic heterocycles.